The maximum atomic E-state index is 13.3. The van der Waals surface area contributed by atoms with Gasteiger partial charge in [-0.2, -0.15) is 0 Å². The summed E-state index contributed by atoms with van der Waals surface area (Å²) in [6, 6.07) is 3.40. The van der Waals surface area contributed by atoms with Crippen LogP contribution in [0.2, 0.25) is 0 Å². The largest absolute Gasteiger partial charge is 0.393 e. The second kappa shape index (κ2) is 6.67. The van der Waals surface area contributed by atoms with Gasteiger partial charge in [0, 0.05) is 19.6 Å². The van der Waals surface area contributed by atoms with E-state index >= 15 is 0 Å². The number of hydrogen-bond donors (Lipinski definition) is 1. The highest BCUT2D eigenvalue weighted by Gasteiger charge is 2.11. The minimum absolute atomic E-state index is 0.0720. The summed E-state index contributed by atoms with van der Waals surface area (Å²) in [6.07, 6.45) is 0.879. The second-order valence-corrected chi connectivity index (χ2v) is 4.22. The van der Waals surface area contributed by atoms with Crippen molar-refractivity contribution in [1.29, 1.82) is 0 Å². The Bertz CT molecular complexity index is 355. The molecule has 0 amide bonds. The molecule has 2 unspecified atom stereocenters. The van der Waals surface area contributed by atoms with Crippen LogP contribution < -0.4 is 0 Å². The van der Waals surface area contributed by atoms with Crippen molar-refractivity contribution in [2.75, 3.05) is 7.11 Å². The summed E-state index contributed by atoms with van der Waals surface area (Å²) in [4.78, 5) is 0. The minimum atomic E-state index is -0.632. The maximum Gasteiger partial charge on any atom is 0.129 e. The molecular weight excluding hydrogens is 226 g/mol. The maximum absolute atomic E-state index is 13.3. The molecule has 96 valence electrons. The number of rotatable bonds is 6. The normalized spacial score (nSPS) is 14.6. The van der Waals surface area contributed by atoms with Crippen LogP contribution in [0.1, 0.15) is 25.3 Å². The molecular formula is C13H18F2O2. The lowest BCUT2D eigenvalue weighted by molar-refractivity contribution is 0.0849. The van der Waals surface area contributed by atoms with Crippen molar-refractivity contribution in [2.24, 2.45) is 0 Å². The van der Waals surface area contributed by atoms with Crippen LogP contribution in [0.4, 0.5) is 8.78 Å². The number of aliphatic hydroxyl groups excluding tert-OH is 1. The SMILES string of the molecule is COC(C)CCC(O)Cc1ccc(F)cc1F. The van der Waals surface area contributed by atoms with E-state index in [1.807, 2.05) is 6.92 Å². The van der Waals surface area contributed by atoms with Gasteiger partial charge in [-0.15, -0.1) is 0 Å². The highest BCUT2D eigenvalue weighted by molar-refractivity contribution is 5.19. The first kappa shape index (κ1) is 14.1. The van der Waals surface area contributed by atoms with E-state index in [1.54, 1.807) is 7.11 Å². The Morgan fingerprint density at radius 1 is 1.29 bits per heavy atom. The summed E-state index contributed by atoms with van der Waals surface area (Å²) in [6.45, 7) is 1.91. The van der Waals surface area contributed by atoms with Gasteiger partial charge in [-0.3, -0.25) is 0 Å². The Labute approximate surface area is 100 Å². The van der Waals surface area contributed by atoms with Crippen LogP contribution in [0.3, 0.4) is 0 Å². The molecule has 1 aromatic carbocycles. The highest BCUT2D eigenvalue weighted by atomic mass is 19.1. The van der Waals surface area contributed by atoms with Crippen molar-refractivity contribution in [2.45, 2.75) is 38.4 Å². The molecule has 2 atom stereocenters. The fourth-order valence-electron chi connectivity index (χ4n) is 1.59. The predicted molar refractivity (Wildman–Crippen MR) is 61.8 cm³/mol. The third-order valence-electron chi connectivity index (χ3n) is 2.78. The molecule has 2 nitrogen and oxygen atoms in total. The molecule has 17 heavy (non-hydrogen) atoms. The molecule has 1 N–H and O–H groups in total. The Hall–Kier alpha value is -1.00. The lowest BCUT2D eigenvalue weighted by Crippen LogP contribution is -2.15. The Morgan fingerprint density at radius 3 is 2.59 bits per heavy atom. The van der Waals surface area contributed by atoms with Gasteiger partial charge < -0.3 is 9.84 Å². The molecule has 0 saturated carbocycles. The highest BCUT2D eigenvalue weighted by Crippen LogP contribution is 2.14. The number of methoxy groups -OCH3 is 1. The van der Waals surface area contributed by atoms with Gasteiger partial charge in [-0.25, -0.2) is 8.78 Å². The molecule has 0 saturated heterocycles. The van der Waals surface area contributed by atoms with Gasteiger partial charge in [0.2, 0.25) is 0 Å². The summed E-state index contributed by atoms with van der Waals surface area (Å²) in [5, 5.41) is 9.72. The van der Waals surface area contributed by atoms with Gasteiger partial charge in [0.1, 0.15) is 11.6 Å². The number of benzene rings is 1. The summed E-state index contributed by atoms with van der Waals surface area (Å²) >= 11 is 0. The number of aliphatic hydroxyl groups is 1. The van der Waals surface area contributed by atoms with Crippen LogP contribution >= 0.6 is 0 Å². The van der Waals surface area contributed by atoms with E-state index in [1.165, 1.54) is 12.1 Å². The van der Waals surface area contributed by atoms with Gasteiger partial charge in [-0.05, 0) is 31.4 Å². The zero-order chi connectivity index (χ0) is 12.8. The average molecular weight is 244 g/mol. The zero-order valence-electron chi connectivity index (χ0n) is 10.1. The van der Waals surface area contributed by atoms with E-state index in [0.717, 1.165) is 6.07 Å². The van der Waals surface area contributed by atoms with Crippen molar-refractivity contribution in [1.82, 2.24) is 0 Å². The number of halogens is 2. The monoisotopic (exact) mass is 244 g/mol. The molecule has 0 heterocycles. The average Bonchev–Trinajstić information content (AvgIpc) is 2.29. The summed E-state index contributed by atoms with van der Waals surface area (Å²) in [5.41, 5.74) is 0.337. The fourth-order valence-corrected chi connectivity index (χ4v) is 1.59. The molecule has 1 aromatic rings. The lowest BCUT2D eigenvalue weighted by Gasteiger charge is -2.14. The molecule has 4 heteroatoms. The molecule has 0 aromatic heterocycles. The number of hydrogen-bond acceptors (Lipinski definition) is 2. The van der Waals surface area contributed by atoms with E-state index < -0.39 is 17.7 Å². The molecule has 0 aliphatic heterocycles. The Kier molecular flexibility index (Phi) is 5.51. The third-order valence-corrected chi connectivity index (χ3v) is 2.78. The Balaban J connectivity index is 2.47. The van der Waals surface area contributed by atoms with Gasteiger partial charge in [0.25, 0.3) is 0 Å². The molecule has 0 spiro atoms. The van der Waals surface area contributed by atoms with Crippen molar-refractivity contribution in [3.05, 3.63) is 35.4 Å². The second-order valence-electron chi connectivity index (χ2n) is 4.22. The van der Waals surface area contributed by atoms with Gasteiger partial charge in [0.05, 0.1) is 12.2 Å². The van der Waals surface area contributed by atoms with E-state index in [2.05, 4.69) is 0 Å². The molecule has 0 fully saturated rings. The molecule has 1 rings (SSSR count). The summed E-state index contributed by atoms with van der Waals surface area (Å²) < 4.78 is 31.0. The van der Waals surface area contributed by atoms with Crippen molar-refractivity contribution < 1.29 is 18.6 Å². The van der Waals surface area contributed by atoms with Crippen LogP contribution in [0.15, 0.2) is 18.2 Å². The molecule has 0 radical (unpaired) electrons. The van der Waals surface area contributed by atoms with Crippen LogP contribution in [0.25, 0.3) is 0 Å². The molecule has 0 bridgehead atoms. The van der Waals surface area contributed by atoms with Gasteiger partial charge in [0.15, 0.2) is 0 Å². The van der Waals surface area contributed by atoms with Crippen LogP contribution in [0.5, 0.6) is 0 Å². The molecule has 0 aliphatic rings. The smallest absolute Gasteiger partial charge is 0.129 e. The van der Waals surface area contributed by atoms with Gasteiger partial charge >= 0.3 is 0 Å². The Morgan fingerprint density at radius 2 is 2.00 bits per heavy atom. The number of ether oxygens (including phenoxy) is 1. The molecule has 0 aliphatic carbocycles. The first-order chi connectivity index (χ1) is 8.02. The van der Waals surface area contributed by atoms with Crippen molar-refractivity contribution >= 4 is 0 Å². The van der Waals surface area contributed by atoms with Crippen LogP contribution in [-0.2, 0) is 11.2 Å². The predicted octanol–water partition coefficient (Wildman–Crippen LogP) is 2.68. The quantitative estimate of drug-likeness (QED) is 0.833. The van der Waals surface area contributed by atoms with Gasteiger partial charge in [-0.1, -0.05) is 6.07 Å². The third kappa shape index (κ3) is 4.79. The van der Waals surface area contributed by atoms with E-state index in [-0.39, 0.29) is 12.5 Å². The minimum Gasteiger partial charge on any atom is -0.393 e. The topological polar surface area (TPSA) is 29.5 Å². The summed E-state index contributed by atoms with van der Waals surface area (Å²) in [5.74, 6) is -1.21. The summed E-state index contributed by atoms with van der Waals surface area (Å²) in [7, 11) is 1.61. The fraction of sp³-hybridized carbons (Fsp3) is 0.538. The standard InChI is InChI=1S/C13H18F2O2/c1-9(17-2)3-6-12(16)7-10-4-5-11(14)8-13(10)15/h4-5,8-9,12,16H,3,6-7H2,1-2H3. The van der Waals surface area contributed by atoms with E-state index in [4.69, 9.17) is 4.74 Å². The lowest BCUT2D eigenvalue weighted by atomic mass is 10.0. The van der Waals surface area contributed by atoms with Crippen molar-refractivity contribution in [3.8, 4) is 0 Å². The van der Waals surface area contributed by atoms with E-state index in [9.17, 15) is 13.9 Å². The zero-order valence-corrected chi connectivity index (χ0v) is 10.1. The first-order valence-corrected chi connectivity index (χ1v) is 5.67. The first-order valence-electron chi connectivity index (χ1n) is 5.67. The van der Waals surface area contributed by atoms with Crippen molar-refractivity contribution in [3.63, 3.8) is 0 Å². The van der Waals surface area contributed by atoms with Crippen LogP contribution in [0, 0.1) is 11.6 Å². The van der Waals surface area contributed by atoms with E-state index in [0.29, 0.717) is 18.4 Å². The van der Waals surface area contributed by atoms with Crippen LogP contribution in [-0.4, -0.2) is 24.4 Å².